The van der Waals surface area contributed by atoms with E-state index < -0.39 is 0 Å². The van der Waals surface area contributed by atoms with Gasteiger partial charge in [0.15, 0.2) is 0 Å². The first kappa shape index (κ1) is 17.6. The Morgan fingerprint density at radius 2 is 2.05 bits per heavy atom. The van der Waals surface area contributed by atoms with Gasteiger partial charge in [0.2, 0.25) is 0 Å². The SMILES string of the molecule is CN(CCCO)C1CCN(C(=O)c2cc(Cl)c(Cl)n2C)CC1. The number of hydrogen-bond donors (Lipinski definition) is 1. The molecule has 2 heterocycles. The van der Waals surface area contributed by atoms with E-state index in [0.29, 0.717) is 21.9 Å². The quantitative estimate of drug-likeness (QED) is 0.888. The van der Waals surface area contributed by atoms with Crippen LogP contribution in [0.1, 0.15) is 29.8 Å². The second kappa shape index (κ2) is 7.68. The highest BCUT2D eigenvalue weighted by molar-refractivity contribution is 6.41. The second-order valence-corrected chi connectivity index (χ2v) is 6.57. The molecular formula is C15H23Cl2N3O2. The molecule has 0 saturated carbocycles. The third kappa shape index (κ3) is 3.77. The van der Waals surface area contributed by atoms with Crippen LogP contribution in [0.25, 0.3) is 0 Å². The van der Waals surface area contributed by atoms with Gasteiger partial charge in [-0.05, 0) is 32.4 Å². The first-order chi connectivity index (χ1) is 10.5. The number of nitrogens with zero attached hydrogens (tertiary/aromatic N) is 3. The van der Waals surface area contributed by atoms with Crippen molar-refractivity contribution in [3.63, 3.8) is 0 Å². The van der Waals surface area contributed by atoms with Crippen molar-refractivity contribution in [3.8, 4) is 0 Å². The number of carbonyl (C=O) groups excluding carboxylic acids is 1. The number of aliphatic hydroxyl groups excluding tert-OH is 1. The number of aromatic nitrogens is 1. The Hall–Kier alpha value is -0.750. The summed E-state index contributed by atoms with van der Waals surface area (Å²) < 4.78 is 1.63. The first-order valence-corrected chi connectivity index (χ1v) is 8.32. The van der Waals surface area contributed by atoms with Gasteiger partial charge in [-0.15, -0.1) is 0 Å². The number of carbonyl (C=O) groups is 1. The van der Waals surface area contributed by atoms with Gasteiger partial charge in [-0.25, -0.2) is 0 Å². The van der Waals surface area contributed by atoms with Crippen molar-refractivity contribution < 1.29 is 9.90 Å². The minimum atomic E-state index is -0.0206. The van der Waals surface area contributed by atoms with Crippen LogP contribution in [-0.2, 0) is 7.05 Å². The molecule has 1 amide bonds. The van der Waals surface area contributed by atoms with E-state index in [1.807, 2.05) is 4.90 Å². The smallest absolute Gasteiger partial charge is 0.270 e. The molecule has 0 aliphatic carbocycles. The van der Waals surface area contributed by atoms with Crippen molar-refractivity contribution in [2.75, 3.05) is 33.3 Å². The summed E-state index contributed by atoms with van der Waals surface area (Å²) in [6, 6.07) is 2.10. The van der Waals surface area contributed by atoms with Gasteiger partial charge >= 0.3 is 0 Å². The topological polar surface area (TPSA) is 48.7 Å². The van der Waals surface area contributed by atoms with E-state index in [4.69, 9.17) is 28.3 Å². The molecule has 0 aromatic carbocycles. The summed E-state index contributed by atoms with van der Waals surface area (Å²) in [6.45, 7) is 2.57. The molecule has 1 aromatic heterocycles. The Labute approximate surface area is 141 Å². The summed E-state index contributed by atoms with van der Waals surface area (Å²) in [7, 11) is 3.82. The molecule has 5 nitrogen and oxygen atoms in total. The van der Waals surface area contributed by atoms with E-state index in [0.717, 1.165) is 38.9 Å². The molecule has 0 spiro atoms. The van der Waals surface area contributed by atoms with Gasteiger partial charge in [0.1, 0.15) is 10.8 Å². The lowest BCUT2D eigenvalue weighted by Gasteiger charge is -2.36. The Morgan fingerprint density at radius 3 is 2.55 bits per heavy atom. The largest absolute Gasteiger partial charge is 0.396 e. The zero-order chi connectivity index (χ0) is 16.3. The van der Waals surface area contributed by atoms with E-state index in [-0.39, 0.29) is 12.5 Å². The minimum Gasteiger partial charge on any atom is -0.396 e. The maximum atomic E-state index is 12.6. The highest BCUT2D eigenvalue weighted by atomic mass is 35.5. The van der Waals surface area contributed by atoms with Crippen LogP contribution < -0.4 is 0 Å². The fourth-order valence-corrected chi connectivity index (χ4v) is 3.30. The fourth-order valence-electron chi connectivity index (χ4n) is 2.92. The molecule has 1 aromatic rings. The molecule has 124 valence electrons. The number of likely N-dealkylation sites (tertiary alicyclic amines) is 1. The van der Waals surface area contributed by atoms with E-state index in [9.17, 15) is 4.79 Å². The Bertz CT molecular complexity index is 525. The van der Waals surface area contributed by atoms with Gasteiger partial charge in [0.05, 0.1) is 5.02 Å². The Kier molecular flexibility index (Phi) is 6.15. The molecule has 1 aliphatic heterocycles. The van der Waals surface area contributed by atoms with E-state index in [1.54, 1.807) is 17.7 Å². The van der Waals surface area contributed by atoms with Crippen LogP contribution in [0.2, 0.25) is 10.2 Å². The van der Waals surface area contributed by atoms with Crippen LogP contribution in [0, 0.1) is 0 Å². The van der Waals surface area contributed by atoms with Gasteiger partial charge in [0, 0.05) is 39.3 Å². The molecule has 0 unspecified atom stereocenters. The molecule has 1 saturated heterocycles. The number of aliphatic hydroxyl groups is 1. The normalized spacial score (nSPS) is 16.5. The molecule has 0 bridgehead atoms. The molecule has 0 radical (unpaired) electrons. The summed E-state index contributed by atoms with van der Waals surface area (Å²) in [5, 5.41) is 9.70. The van der Waals surface area contributed by atoms with Crippen molar-refractivity contribution in [1.29, 1.82) is 0 Å². The lowest BCUT2D eigenvalue weighted by molar-refractivity contribution is 0.0632. The van der Waals surface area contributed by atoms with Crippen LogP contribution >= 0.6 is 23.2 Å². The third-order valence-electron chi connectivity index (χ3n) is 4.38. The Balaban J connectivity index is 1.93. The summed E-state index contributed by atoms with van der Waals surface area (Å²) in [4.78, 5) is 16.7. The third-order valence-corrected chi connectivity index (χ3v) is 5.22. The first-order valence-electron chi connectivity index (χ1n) is 7.56. The minimum absolute atomic E-state index is 0.0206. The van der Waals surface area contributed by atoms with Crippen LogP contribution in [-0.4, -0.2) is 64.7 Å². The van der Waals surface area contributed by atoms with Gasteiger partial charge < -0.3 is 19.5 Å². The molecule has 0 atom stereocenters. The predicted molar refractivity (Wildman–Crippen MR) is 88.7 cm³/mol. The molecule has 7 heteroatoms. The van der Waals surface area contributed by atoms with Gasteiger partial charge in [-0.2, -0.15) is 0 Å². The van der Waals surface area contributed by atoms with Gasteiger partial charge in [-0.1, -0.05) is 23.2 Å². The lowest BCUT2D eigenvalue weighted by Crippen LogP contribution is -2.46. The summed E-state index contributed by atoms with van der Waals surface area (Å²) in [5.74, 6) is -0.0206. The van der Waals surface area contributed by atoms with Crippen molar-refractivity contribution in [2.45, 2.75) is 25.3 Å². The van der Waals surface area contributed by atoms with Gasteiger partial charge in [0.25, 0.3) is 5.91 Å². The molecule has 22 heavy (non-hydrogen) atoms. The maximum absolute atomic E-state index is 12.6. The predicted octanol–water partition coefficient (Wildman–Crippen LogP) is 2.25. The van der Waals surface area contributed by atoms with Crippen LogP contribution in [0.5, 0.6) is 0 Å². The van der Waals surface area contributed by atoms with Crippen LogP contribution in [0.3, 0.4) is 0 Å². The maximum Gasteiger partial charge on any atom is 0.270 e. The molecule has 1 fully saturated rings. The van der Waals surface area contributed by atoms with Crippen molar-refractivity contribution in [1.82, 2.24) is 14.4 Å². The summed E-state index contributed by atoms with van der Waals surface area (Å²) >= 11 is 12.0. The van der Waals surface area contributed by atoms with Gasteiger partial charge in [-0.3, -0.25) is 4.79 Å². The zero-order valence-electron chi connectivity index (χ0n) is 13.1. The van der Waals surface area contributed by atoms with Crippen molar-refractivity contribution in [3.05, 3.63) is 21.9 Å². The zero-order valence-corrected chi connectivity index (χ0v) is 14.6. The monoisotopic (exact) mass is 347 g/mol. The summed E-state index contributed by atoms with van der Waals surface area (Å²) in [5.41, 5.74) is 0.530. The average Bonchev–Trinajstić information content (AvgIpc) is 2.79. The highest BCUT2D eigenvalue weighted by Crippen LogP contribution is 2.27. The number of piperidine rings is 1. The molecule has 1 aliphatic rings. The standard InChI is InChI=1S/C15H23Cl2N3O2/c1-18(6-3-9-21)11-4-7-20(8-5-11)15(22)13-10-12(16)14(17)19(13)2/h10-11,21H,3-9H2,1-2H3. The lowest BCUT2D eigenvalue weighted by atomic mass is 10.0. The highest BCUT2D eigenvalue weighted by Gasteiger charge is 2.27. The number of amides is 1. The second-order valence-electron chi connectivity index (χ2n) is 5.81. The molecule has 2 rings (SSSR count). The summed E-state index contributed by atoms with van der Waals surface area (Å²) in [6.07, 6.45) is 2.68. The fraction of sp³-hybridized carbons (Fsp3) is 0.667. The van der Waals surface area contributed by atoms with Crippen LogP contribution in [0.15, 0.2) is 6.07 Å². The van der Waals surface area contributed by atoms with Crippen LogP contribution in [0.4, 0.5) is 0 Å². The molecule has 1 N–H and O–H groups in total. The number of rotatable bonds is 5. The van der Waals surface area contributed by atoms with Crippen molar-refractivity contribution in [2.24, 2.45) is 7.05 Å². The van der Waals surface area contributed by atoms with E-state index >= 15 is 0 Å². The molecular weight excluding hydrogens is 325 g/mol. The van der Waals surface area contributed by atoms with Crippen molar-refractivity contribution >= 4 is 29.1 Å². The number of hydrogen-bond acceptors (Lipinski definition) is 3. The van der Waals surface area contributed by atoms with E-state index in [1.165, 1.54) is 0 Å². The Morgan fingerprint density at radius 1 is 1.41 bits per heavy atom. The number of halogens is 2. The van der Waals surface area contributed by atoms with E-state index in [2.05, 4.69) is 11.9 Å². The average molecular weight is 348 g/mol.